The van der Waals surface area contributed by atoms with E-state index in [4.69, 9.17) is 16.3 Å². The first-order chi connectivity index (χ1) is 10.6. The number of aryl methyl sites for hydroxylation is 2. The lowest BCUT2D eigenvalue weighted by molar-refractivity contribution is 0.101. The lowest BCUT2D eigenvalue weighted by Gasteiger charge is -2.16. The molecule has 2 aromatic rings. The van der Waals surface area contributed by atoms with Crippen LogP contribution in [0.15, 0.2) is 24.4 Å². The van der Waals surface area contributed by atoms with Crippen LogP contribution in [0.2, 0.25) is 5.02 Å². The minimum atomic E-state index is -0.636. The number of nitrogens with zero attached hydrogens (tertiary/aromatic N) is 1. The zero-order chi connectivity index (χ0) is 15.7. The molecule has 1 aromatic carbocycles. The highest BCUT2D eigenvalue weighted by Crippen LogP contribution is 2.33. The molecule has 0 radical (unpaired) electrons. The third-order valence-electron chi connectivity index (χ3n) is 3.78. The monoisotopic (exact) mass is 319 g/mol. The molecule has 1 aromatic heterocycles. The minimum Gasteiger partial charge on any atom is -0.455 e. The molecule has 114 valence electrons. The van der Waals surface area contributed by atoms with E-state index >= 15 is 0 Å². The van der Waals surface area contributed by atoms with E-state index in [0.717, 1.165) is 31.4 Å². The Balaban J connectivity index is 1.96. The number of hydrogen-bond donors (Lipinski definition) is 0. The summed E-state index contributed by atoms with van der Waals surface area (Å²) in [5, 5.41) is -0.212. The predicted octanol–water partition coefficient (Wildman–Crippen LogP) is 4.75. The van der Waals surface area contributed by atoms with Crippen LogP contribution in [0.3, 0.4) is 0 Å². The number of carbonyl (C=O) groups is 1. The molecule has 0 saturated carbocycles. The van der Waals surface area contributed by atoms with Crippen molar-refractivity contribution in [1.82, 2.24) is 4.98 Å². The van der Waals surface area contributed by atoms with Crippen molar-refractivity contribution in [1.29, 1.82) is 0 Å². The van der Waals surface area contributed by atoms with E-state index in [-0.39, 0.29) is 22.1 Å². The van der Waals surface area contributed by atoms with Gasteiger partial charge < -0.3 is 4.74 Å². The van der Waals surface area contributed by atoms with E-state index < -0.39 is 5.82 Å². The number of hydrogen-bond acceptors (Lipinski definition) is 3. The molecular formula is C17H15ClFNO2. The topological polar surface area (TPSA) is 39.2 Å². The van der Waals surface area contributed by atoms with Crippen LogP contribution in [-0.2, 0) is 12.8 Å². The average Bonchev–Trinajstić information content (AvgIpc) is 2.50. The number of rotatable bonds is 3. The van der Waals surface area contributed by atoms with Crippen molar-refractivity contribution in [3.05, 3.63) is 52.1 Å². The molecule has 0 unspecified atom stereocenters. The number of halogens is 2. The van der Waals surface area contributed by atoms with Crippen LogP contribution in [-0.4, -0.2) is 10.8 Å². The van der Waals surface area contributed by atoms with E-state index in [1.807, 2.05) is 6.07 Å². The molecule has 22 heavy (non-hydrogen) atoms. The maximum atomic E-state index is 13.5. The molecule has 0 amide bonds. The number of Topliss-reactive ketones (excluding diaryl/α,β-unsaturated/α-hetero) is 1. The van der Waals surface area contributed by atoms with Gasteiger partial charge in [0.2, 0.25) is 0 Å². The SMILES string of the molecule is CC(=O)c1c(Oc2cnc3c(c2)CCCC3)ccc(F)c1Cl. The van der Waals surface area contributed by atoms with E-state index in [1.54, 1.807) is 6.20 Å². The van der Waals surface area contributed by atoms with E-state index in [1.165, 1.54) is 24.6 Å². The highest BCUT2D eigenvalue weighted by atomic mass is 35.5. The van der Waals surface area contributed by atoms with Gasteiger partial charge in [-0.05, 0) is 56.4 Å². The average molecular weight is 320 g/mol. The lowest BCUT2D eigenvalue weighted by atomic mass is 9.96. The van der Waals surface area contributed by atoms with Crippen molar-refractivity contribution >= 4 is 17.4 Å². The largest absolute Gasteiger partial charge is 0.455 e. The molecule has 1 aliphatic carbocycles. The molecule has 5 heteroatoms. The number of ketones is 1. The van der Waals surface area contributed by atoms with Gasteiger partial charge in [0.25, 0.3) is 0 Å². The second-order valence-corrected chi connectivity index (χ2v) is 5.75. The third-order valence-corrected chi connectivity index (χ3v) is 4.15. The second kappa shape index (κ2) is 6.05. The maximum absolute atomic E-state index is 13.5. The summed E-state index contributed by atoms with van der Waals surface area (Å²) >= 11 is 5.88. The molecule has 1 aliphatic rings. The van der Waals surface area contributed by atoms with E-state index in [2.05, 4.69) is 4.98 Å². The molecule has 3 rings (SSSR count). The van der Waals surface area contributed by atoms with Crippen molar-refractivity contribution in [3.8, 4) is 11.5 Å². The fourth-order valence-corrected chi connectivity index (χ4v) is 2.98. The van der Waals surface area contributed by atoms with Gasteiger partial charge >= 0.3 is 0 Å². The summed E-state index contributed by atoms with van der Waals surface area (Å²) in [6.45, 7) is 1.33. The normalized spacial score (nSPS) is 13.6. The summed E-state index contributed by atoms with van der Waals surface area (Å²) in [6, 6.07) is 4.54. The van der Waals surface area contributed by atoms with Crippen molar-refractivity contribution in [2.75, 3.05) is 0 Å². The van der Waals surface area contributed by atoms with Crippen LogP contribution in [0.1, 0.15) is 41.4 Å². The number of carbonyl (C=O) groups excluding carboxylic acids is 1. The molecule has 0 bridgehead atoms. The van der Waals surface area contributed by atoms with Crippen LogP contribution >= 0.6 is 11.6 Å². The summed E-state index contributed by atoms with van der Waals surface area (Å²) in [5.74, 6) is -0.199. The Morgan fingerprint density at radius 2 is 2.09 bits per heavy atom. The molecule has 0 spiro atoms. The fourth-order valence-electron chi connectivity index (χ4n) is 2.70. The summed E-state index contributed by atoms with van der Waals surface area (Å²) in [6.07, 6.45) is 5.88. The molecule has 0 aliphatic heterocycles. The summed E-state index contributed by atoms with van der Waals surface area (Å²) in [4.78, 5) is 16.1. The second-order valence-electron chi connectivity index (χ2n) is 5.38. The number of benzene rings is 1. The highest BCUT2D eigenvalue weighted by Gasteiger charge is 2.18. The Bertz CT molecular complexity index is 746. The standard InChI is InChI=1S/C17H15ClFNO2/c1-10(21)16-15(7-6-13(19)17(16)18)22-12-8-11-4-2-3-5-14(11)20-9-12/h6-9H,2-5H2,1H3. The zero-order valence-electron chi connectivity index (χ0n) is 12.2. The van der Waals surface area contributed by atoms with Crippen LogP contribution < -0.4 is 4.74 Å². The summed E-state index contributed by atoms with van der Waals surface area (Å²) in [5.41, 5.74) is 2.32. The number of fused-ring (bicyclic) bond motifs is 1. The molecule has 1 heterocycles. The highest BCUT2D eigenvalue weighted by molar-refractivity contribution is 6.34. The van der Waals surface area contributed by atoms with Gasteiger partial charge in [-0.1, -0.05) is 11.6 Å². The van der Waals surface area contributed by atoms with Gasteiger partial charge in [0.05, 0.1) is 16.8 Å². The molecule has 0 saturated heterocycles. The maximum Gasteiger partial charge on any atom is 0.165 e. The Labute approximate surface area is 133 Å². The minimum absolute atomic E-state index is 0.0550. The molecule has 0 fully saturated rings. The number of ether oxygens (including phenoxy) is 1. The van der Waals surface area contributed by atoms with Gasteiger partial charge in [0.1, 0.15) is 17.3 Å². The number of aromatic nitrogens is 1. The zero-order valence-corrected chi connectivity index (χ0v) is 12.9. The van der Waals surface area contributed by atoms with Gasteiger partial charge in [0.15, 0.2) is 5.78 Å². The van der Waals surface area contributed by atoms with Crippen LogP contribution in [0.5, 0.6) is 11.5 Å². The predicted molar refractivity (Wildman–Crippen MR) is 82.4 cm³/mol. The Morgan fingerprint density at radius 3 is 2.86 bits per heavy atom. The van der Waals surface area contributed by atoms with Gasteiger partial charge in [0, 0.05) is 5.69 Å². The van der Waals surface area contributed by atoms with Crippen LogP contribution in [0.4, 0.5) is 4.39 Å². The molecule has 0 N–H and O–H groups in total. The third kappa shape index (κ3) is 2.83. The van der Waals surface area contributed by atoms with E-state index in [9.17, 15) is 9.18 Å². The van der Waals surface area contributed by atoms with Gasteiger partial charge in [-0.25, -0.2) is 4.39 Å². The van der Waals surface area contributed by atoms with Gasteiger partial charge in [-0.2, -0.15) is 0 Å². The van der Waals surface area contributed by atoms with Crippen molar-refractivity contribution in [3.63, 3.8) is 0 Å². The van der Waals surface area contributed by atoms with Crippen molar-refractivity contribution in [2.24, 2.45) is 0 Å². The lowest BCUT2D eigenvalue weighted by Crippen LogP contribution is -2.06. The van der Waals surface area contributed by atoms with Gasteiger partial charge in [-0.15, -0.1) is 0 Å². The van der Waals surface area contributed by atoms with E-state index in [0.29, 0.717) is 5.75 Å². The summed E-state index contributed by atoms with van der Waals surface area (Å²) in [7, 11) is 0. The first-order valence-electron chi connectivity index (χ1n) is 7.21. The fraction of sp³-hybridized carbons (Fsp3) is 0.294. The van der Waals surface area contributed by atoms with Gasteiger partial charge in [-0.3, -0.25) is 9.78 Å². The first-order valence-corrected chi connectivity index (χ1v) is 7.58. The van der Waals surface area contributed by atoms with Crippen molar-refractivity contribution < 1.29 is 13.9 Å². The summed E-state index contributed by atoms with van der Waals surface area (Å²) < 4.78 is 19.3. The van der Waals surface area contributed by atoms with Crippen LogP contribution in [0.25, 0.3) is 0 Å². The van der Waals surface area contributed by atoms with Crippen LogP contribution in [0, 0.1) is 5.82 Å². The smallest absolute Gasteiger partial charge is 0.165 e. The molecular weight excluding hydrogens is 305 g/mol. The Hall–Kier alpha value is -1.94. The molecule has 3 nitrogen and oxygen atoms in total. The first kappa shape index (κ1) is 15.0. The Kier molecular flexibility index (Phi) is 4.12. The van der Waals surface area contributed by atoms with Crippen molar-refractivity contribution in [2.45, 2.75) is 32.6 Å². The Morgan fingerprint density at radius 1 is 1.32 bits per heavy atom. The molecule has 0 atom stereocenters. The number of pyridine rings is 1. The quantitative estimate of drug-likeness (QED) is 0.766.